The van der Waals surface area contributed by atoms with Crippen LogP contribution < -0.4 is 10.6 Å². The van der Waals surface area contributed by atoms with Crippen LogP contribution in [0.25, 0.3) is 0 Å². The van der Waals surface area contributed by atoms with Gasteiger partial charge < -0.3 is 10.6 Å². The average Bonchev–Trinajstić information content (AvgIpc) is 2.57. The van der Waals surface area contributed by atoms with E-state index >= 15 is 0 Å². The molecular weight excluding hydrogens is 272 g/mol. The van der Waals surface area contributed by atoms with Crippen molar-refractivity contribution in [1.29, 1.82) is 0 Å². The third-order valence-corrected chi connectivity index (χ3v) is 3.56. The highest BCUT2D eigenvalue weighted by Gasteiger charge is 2.17. The van der Waals surface area contributed by atoms with Gasteiger partial charge in [-0.1, -0.05) is 50.1 Å². The number of guanidine groups is 1. The van der Waals surface area contributed by atoms with Gasteiger partial charge in [-0.05, 0) is 25.6 Å². The summed E-state index contributed by atoms with van der Waals surface area (Å²) in [7, 11) is 0. The minimum atomic E-state index is 0.275. The Bertz CT molecular complexity index is 472. The minimum absolute atomic E-state index is 0.275. The average molecular weight is 300 g/mol. The summed E-state index contributed by atoms with van der Waals surface area (Å²) >= 11 is 0. The highest BCUT2D eigenvalue weighted by molar-refractivity contribution is 5.80. The van der Waals surface area contributed by atoms with Gasteiger partial charge in [-0.15, -0.1) is 6.42 Å². The molecule has 0 aliphatic rings. The third kappa shape index (κ3) is 5.79. The molecule has 1 atom stereocenters. The van der Waals surface area contributed by atoms with E-state index in [1.54, 1.807) is 0 Å². The highest BCUT2D eigenvalue weighted by atomic mass is 15.2. The normalized spacial score (nSPS) is 12.8. The van der Waals surface area contributed by atoms with E-state index in [0.29, 0.717) is 13.1 Å². The molecule has 0 fully saturated rings. The number of terminal acetylenes is 1. The van der Waals surface area contributed by atoms with Crippen molar-refractivity contribution in [2.45, 2.75) is 26.8 Å². The van der Waals surface area contributed by atoms with E-state index in [9.17, 15) is 0 Å². The molecule has 0 saturated heterocycles. The lowest BCUT2D eigenvalue weighted by atomic mass is 10.1. The SMILES string of the molecule is C#CCNC(=NCC(c1ccccc1)N(CC)CC)NCC. The van der Waals surface area contributed by atoms with Gasteiger partial charge in [0, 0.05) is 6.54 Å². The van der Waals surface area contributed by atoms with Crippen LogP contribution in [0.15, 0.2) is 35.3 Å². The molecular formula is C18H28N4. The van der Waals surface area contributed by atoms with Crippen LogP contribution in [0, 0.1) is 12.3 Å². The Morgan fingerprint density at radius 2 is 1.86 bits per heavy atom. The van der Waals surface area contributed by atoms with Crippen LogP contribution in [0.3, 0.4) is 0 Å². The van der Waals surface area contributed by atoms with Crippen LogP contribution in [0.1, 0.15) is 32.4 Å². The molecule has 0 spiro atoms. The van der Waals surface area contributed by atoms with E-state index in [1.807, 2.05) is 13.0 Å². The van der Waals surface area contributed by atoms with Gasteiger partial charge in [-0.3, -0.25) is 9.89 Å². The first-order valence-electron chi connectivity index (χ1n) is 8.01. The predicted octanol–water partition coefficient (Wildman–Crippen LogP) is 2.26. The van der Waals surface area contributed by atoms with Crippen molar-refractivity contribution >= 4 is 5.96 Å². The Balaban J connectivity index is 2.89. The molecule has 0 bridgehead atoms. The zero-order valence-corrected chi connectivity index (χ0v) is 14.0. The molecule has 22 heavy (non-hydrogen) atoms. The summed E-state index contributed by atoms with van der Waals surface area (Å²) in [6.07, 6.45) is 5.31. The topological polar surface area (TPSA) is 39.7 Å². The van der Waals surface area contributed by atoms with Crippen molar-refractivity contribution in [3.63, 3.8) is 0 Å². The number of rotatable bonds is 8. The van der Waals surface area contributed by atoms with Crippen LogP contribution in [-0.2, 0) is 0 Å². The van der Waals surface area contributed by atoms with Crippen molar-refractivity contribution in [3.05, 3.63) is 35.9 Å². The first kappa shape index (κ1) is 18.1. The van der Waals surface area contributed by atoms with Crippen LogP contribution in [0.4, 0.5) is 0 Å². The summed E-state index contributed by atoms with van der Waals surface area (Å²) in [6, 6.07) is 10.8. The minimum Gasteiger partial charge on any atom is -0.357 e. The summed E-state index contributed by atoms with van der Waals surface area (Å²) in [4.78, 5) is 7.12. The molecule has 1 unspecified atom stereocenters. The summed E-state index contributed by atoms with van der Waals surface area (Å²) in [5.41, 5.74) is 1.29. The molecule has 0 saturated carbocycles. The second-order valence-electron chi connectivity index (χ2n) is 4.92. The maximum Gasteiger partial charge on any atom is 0.192 e. The van der Waals surface area contributed by atoms with Gasteiger partial charge in [-0.2, -0.15) is 0 Å². The van der Waals surface area contributed by atoms with Gasteiger partial charge in [0.05, 0.1) is 19.1 Å². The first-order valence-corrected chi connectivity index (χ1v) is 8.01. The van der Waals surface area contributed by atoms with Crippen molar-refractivity contribution < 1.29 is 0 Å². The fourth-order valence-corrected chi connectivity index (χ4v) is 2.43. The Morgan fingerprint density at radius 1 is 1.18 bits per heavy atom. The van der Waals surface area contributed by atoms with Crippen molar-refractivity contribution in [2.24, 2.45) is 4.99 Å². The van der Waals surface area contributed by atoms with E-state index in [4.69, 9.17) is 11.4 Å². The van der Waals surface area contributed by atoms with Gasteiger partial charge in [0.1, 0.15) is 0 Å². The zero-order chi connectivity index (χ0) is 16.2. The maximum absolute atomic E-state index is 5.31. The molecule has 0 aliphatic heterocycles. The standard InChI is InChI=1S/C18H28N4/c1-5-14-20-18(19-6-2)21-15-17(22(7-3)8-4)16-12-10-9-11-13-16/h1,9-13,17H,6-8,14-15H2,2-4H3,(H2,19,20,21). The van der Waals surface area contributed by atoms with Crippen molar-refractivity contribution in [1.82, 2.24) is 15.5 Å². The Kier molecular flexibility index (Phi) is 8.78. The molecule has 0 aromatic heterocycles. The fraction of sp³-hybridized carbons (Fsp3) is 0.500. The first-order chi connectivity index (χ1) is 10.8. The van der Waals surface area contributed by atoms with E-state index in [0.717, 1.165) is 25.6 Å². The monoisotopic (exact) mass is 300 g/mol. The maximum atomic E-state index is 5.31. The number of aliphatic imine (C=N–C) groups is 1. The number of hydrogen-bond donors (Lipinski definition) is 2. The second kappa shape index (κ2) is 10.7. The Hall–Kier alpha value is -1.99. The van der Waals surface area contributed by atoms with E-state index in [2.05, 4.69) is 59.6 Å². The molecule has 1 rings (SSSR count). The van der Waals surface area contributed by atoms with E-state index in [-0.39, 0.29) is 6.04 Å². The third-order valence-electron chi connectivity index (χ3n) is 3.56. The van der Waals surface area contributed by atoms with Gasteiger partial charge in [-0.25, -0.2) is 0 Å². The molecule has 0 heterocycles. The van der Waals surface area contributed by atoms with E-state index < -0.39 is 0 Å². The van der Waals surface area contributed by atoms with Crippen LogP contribution >= 0.6 is 0 Å². The van der Waals surface area contributed by atoms with Gasteiger partial charge in [0.15, 0.2) is 5.96 Å². The van der Waals surface area contributed by atoms with Crippen LogP contribution in [-0.4, -0.2) is 43.6 Å². The molecule has 1 aromatic carbocycles. The second-order valence-corrected chi connectivity index (χ2v) is 4.92. The predicted molar refractivity (Wildman–Crippen MR) is 94.9 cm³/mol. The Morgan fingerprint density at radius 3 is 2.41 bits per heavy atom. The summed E-state index contributed by atoms with van der Waals surface area (Å²) in [6.45, 7) is 10.4. The molecule has 0 radical (unpaired) electrons. The summed E-state index contributed by atoms with van der Waals surface area (Å²) in [5, 5.41) is 6.36. The lowest BCUT2D eigenvalue weighted by molar-refractivity contribution is 0.224. The number of likely N-dealkylation sites (N-methyl/N-ethyl adjacent to an activating group) is 1. The number of nitrogens with zero attached hydrogens (tertiary/aromatic N) is 2. The molecule has 0 amide bonds. The smallest absolute Gasteiger partial charge is 0.192 e. The largest absolute Gasteiger partial charge is 0.357 e. The zero-order valence-electron chi connectivity index (χ0n) is 14.0. The van der Waals surface area contributed by atoms with E-state index in [1.165, 1.54) is 5.56 Å². The summed E-state index contributed by atoms with van der Waals surface area (Å²) in [5.74, 6) is 3.35. The number of hydrogen-bond acceptors (Lipinski definition) is 2. The number of benzene rings is 1. The lowest BCUT2D eigenvalue weighted by Gasteiger charge is -2.29. The highest BCUT2D eigenvalue weighted by Crippen LogP contribution is 2.20. The molecule has 2 N–H and O–H groups in total. The van der Waals surface area contributed by atoms with Crippen LogP contribution in [0.2, 0.25) is 0 Å². The summed E-state index contributed by atoms with van der Waals surface area (Å²) < 4.78 is 0. The molecule has 1 aromatic rings. The van der Waals surface area contributed by atoms with Gasteiger partial charge in [0.25, 0.3) is 0 Å². The quantitative estimate of drug-likeness (QED) is 0.439. The molecule has 0 aliphatic carbocycles. The number of nitrogens with one attached hydrogen (secondary N) is 2. The molecule has 4 nitrogen and oxygen atoms in total. The van der Waals surface area contributed by atoms with Crippen molar-refractivity contribution in [2.75, 3.05) is 32.7 Å². The van der Waals surface area contributed by atoms with Crippen molar-refractivity contribution in [3.8, 4) is 12.3 Å². The molecule has 120 valence electrons. The van der Waals surface area contributed by atoms with Gasteiger partial charge >= 0.3 is 0 Å². The molecule has 4 heteroatoms. The van der Waals surface area contributed by atoms with Crippen LogP contribution in [0.5, 0.6) is 0 Å². The fourth-order valence-electron chi connectivity index (χ4n) is 2.43. The van der Waals surface area contributed by atoms with Gasteiger partial charge in [0.2, 0.25) is 0 Å². The Labute approximate surface area is 135 Å². The lowest BCUT2D eigenvalue weighted by Crippen LogP contribution is -2.38.